The molecule has 0 heterocycles. The lowest BCUT2D eigenvalue weighted by molar-refractivity contribution is -0.250. The molecule has 0 aromatic rings. The van der Waals surface area contributed by atoms with Gasteiger partial charge < -0.3 is 9.47 Å². The minimum Gasteiger partial charge on any atom is -0.462 e. The van der Waals surface area contributed by atoms with Crippen molar-refractivity contribution < 1.29 is 19.1 Å². The Labute approximate surface area is 255 Å². The molecule has 5 saturated carbocycles. The number of rotatable bonds is 7. The van der Waals surface area contributed by atoms with Gasteiger partial charge in [0.25, 0.3) is 0 Å². The van der Waals surface area contributed by atoms with Crippen LogP contribution in [0.5, 0.6) is 0 Å². The van der Waals surface area contributed by atoms with E-state index in [0.29, 0.717) is 49.0 Å². The van der Waals surface area contributed by atoms with Crippen LogP contribution in [-0.2, 0) is 19.1 Å². The monoisotopic (exact) mass is 576 g/mol. The molecule has 5 aliphatic rings. The summed E-state index contributed by atoms with van der Waals surface area (Å²) in [6, 6.07) is 0. The van der Waals surface area contributed by atoms with Crippen molar-refractivity contribution in [1.82, 2.24) is 0 Å². The zero-order chi connectivity index (χ0) is 30.7. The van der Waals surface area contributed by atoms with Gasteiger partial charge in [0.1, 0.15) is 12.7 Å². The van der Waals surface area contributed by atoms with E-state index >= 15 is 0 Å². The molecule has 0 aromatic heterocycles. The van der Waals surface area contributed by atoms with Crippen LogP contribution in [0.3, 0.4) is 0 Å². The van der Waals surface area contributed by atoms with E-state index in [1.807, 2.05) is 0 Å². The molecule has 4 nitrogen and oxygen atoms in total. The Hall–Kier alpha value is -2.02. The van der Waals surface area contributed by atoms with Crippen LogP contribution in [0.4, 0.5) is 0 Å². The summed E-state index contributed by atoms with van der Waals surface area (Å²) in [5, 5.41) is 0. The number of terminal acetylenes is 1. The highest BCUT2D eigenvalue weighted by molar-refractivity contribution is 5.78. The van der Waals surface area contributed by atoms with Crippen molar-refractivity contribution in [2.45, 2.75) is 125 Å². The summed E-state index contributed by atoms with van der Waals surface area (Å²) in [5.41, 5.74) is 1.34. The summed E-state index contributed by atoms with van der Waals surface area (Å²) in [7, 11) is 0. The molecule has 0 radical (unpaired) electrons. The fourth-order valence-electron chi connectivity index (χ4n) is 12.4. The number of hydrogen-bond acceptors (Lipinski definition) is 4. The lowest BCUT2D eigenvalue weighted by Gasteiger charge is -2.72. The number of ether oxygens (including phenoxy) is 2. The number of fused-ring (bicyclic) bond motifs is 7. The fraction of sp³-hybridized carbons (Fsp3) is 0.789. The molecule has 5 aliphatic carbocycles. The standard InChI is InChI=1S/C38H56O4/c1-10-12-13-31(39)42-30-18-19-35(7)28(34(30,5)6)17-20-37(9)29(35)15-14-27-32-26(25(3)4)16-21-38(32,23-22-36(27,37)8)33(40)41-24-11-2/h1,11,26-30,32H,2-3,12-24H2,4-9H3/t26-,27?,28-,29+,30-,32+,35-,36+,37+,38-/m0/s1. The van der Waals surface area contributed by atoms with E-state index in [9.17, 15) is 9.59 Å². The zero-order valence-corrected chi connectivity index (χ0v) is 27.4. The second kappa shape index (κ2) is 10.9. The molecule has 0 N–H and O–H groups in total. The van der Waals surface area contributed by atoms with Crippen molar-refractivity contribution in [2.24, 2.45) is 56.7 Å². The Kier molecular flexibility index (Phi) is 8.12. The SMILES string of the molecule is C#CCCC(=O)O[C@H]1CC[C@]2(C)[C@H]3CCC4[C@H]5[C@H](C(=C)C)CC[C@]5(C(=O)OCC=C)CC[C@@]4(C)[C@]3(C)CC[C@H]2C1(C)C. The molecule has 4 heteroatoms. The minimum absolute atomic E-state index is 0.0120. The van der Waals surface area contributed by atoms with E-state index in [4.69, 9.17) is 15.9 Å². The maximum absolute atomic E-state index is 13.8. The summed E-state index contributed by atoms with van der Waals surface area (Å²) >= 11 is 0. The molecule has 1 unspecified atom stereocenters. The molecule has 0 aromatic carbocycles. The predicted octanol–water partition coefficient (Wildman–Crippen LogP) is 8.70. The van der Waals surface area contributed by atoms with Gasteiger partial charge in [0.05, 0.1) is 11.8 Å². The quantitative estimate of drug-likeness (QED) is 0.173. The predicted molar refractivity (Wildman–Crippen MR) is 168 cm³/mol. The van der Waals surface area contributed by atoms with E-state index in [-0.39, 0.29) is 45.1 Å². The van der Waals surface area contributed by atoms with Crippen LogP contribution in [0.25, 0.3) is 0 Å². The summed E-state index contributed by atoms with van der Waals surface area (Å²) in [4.78, 5) is 26.4. The molecule has 0 spiro atoms. The molecular weight excluding hydrogens is 520 g/mol. The number of hydrogen-bond donors (Lipinski definition) is 0. The van der Waals surface area contributed by atoms with Gasteiger partial charge in [-0.3, -0.25) is 9.59 Å². The molecule has 0 bridgehead atoms. The van der Waals surface area contributed by atoms with Gasteiger partial charge in [-0.05, 0) is 117 Å². The Balaban J connectivity index is 1.45. The van der Waals surface area contributed by atoms with Crippen LogP contribution in [0.2, 0.25) is 0 Å². The average molecular weight is 577 g/mol. The lowest BCUT2D eigenvalue weighted by Crippen LogP contribution is -2.67. The van der Waals surface area contributed by atoms with Gasteiger partial charge in [0.15, 0.2) is 0 Å². The molecular formula is C38H56O4. The van der Waals surface area contributed by atoms with Crippen molar-refractivity contribution in [3.05, 3.63) is 24.8 Å². The molecule has 5 rings (SSSR count). The first kappa shape index (κ1) is 31.4. The van der Waals surface area contributed by atoms with Gasteiger partial charge in [0, 0.05) is 11.8 Å². The molecule has 42 heavy (non-hydrogen) atoms. The van der Waals surface area contributed by atoms with Crippen LogP contribution >= 0.6 is 0 Å². The molecule has 0 saturated heterocycles. The molecule has 0 amide bonds. The maximum Gasteiger partial charge on any atom is 0.312 e. The second-order valence-corrected chi connectivity index (χ2v) is 16.3. The fourth-order valence-corrected chi connectivity index (χ4v) is 12.4. The maximum atomic E-state index is 13.8. The average Bonchev–Trinajstić information content (AvgIpc) is 3.34. The summed E-state index contributed by atoms with van der Waals surface area (Å²) in [6.07, 6.45) is 18.6. The van der Waals surface area contributed by atoms with Crippen LogP contribution in [0, 0.1) is 69.0 Å². The largest absolute Gasteiger partial charge is 0.462 e. The summed E-state index contributed by atoms with van der Waals surface area (Å²) in [6.45, 7) is 23.2. The Bertz CT molecular complexity index is 1160. The summed E-state index contributed by atoms with van der Waals surface area (Å²) in [5.74, 6) is 4.75. The van der Waals surface area contributed by atoms with Crippen molar-refractivity contribution in [3.8, 4) is 12.3 Å². The number of allylic oxidation sites excluding steroid dienone is 1. The third-order valence-electron chi connectivity index (χ3n) is 14.5. The molecule has 5 fully saturated rings. The number of carbonyl (C=O) groups is 2. The van der Waals surface area contributed by atoms with Gasteiger partial charge in [-0.2, -0.15) is 0 Å². The number of carbonyl (C=O) groups excluding carboxylic acids is 2. The Morgan fingerprint density at radius 1 is 0.929 bits per heavy atom. The van der Waals surface area contributed by atoms with E-state index < -0.39 is 0 Å². The van der Waals surface area contributed by atoms with Crippen LogP contribution < -0.4 is 0 Å². The van der Waals surface area contributed by atoms with Crippen molar-refractivity contribution >= 4 is 11.9 Å². The Morgan fingerprint density at radius 2 is 1.67 bits per heavy atom. The van der Waals surface area contributed by atoms with Gasteiger partial charge in [-0.25, -0.2) is 0 Å². The highest BCUT2D eigenvalue weighted by Crippen LogP contribution is 2.77. The first-order valence-electron chi connectivity index (χ1n) is 16.8. The van der Waals surface area contributed by atoms with Crippen molar-refractivity contribution in [2.75, 3.05) is 6.61 Å². The number of esters is 2. The smallest absolute Gasteiger partial charge is 0.312 e. The molecule has 0 aliphatic heterocycles. The van der Waals surface area contributed by atoms with Gasteiger partial charge in [-0.1, -0.05) is 59.4 Å². The highest BCUT2D eigenvalue weighted by atomic mass is 16.5. The van der Waals surface area contributed by atoms with E-state index in [1.54, 1.807) is 6.08 Å². The van der Waals surface area contributed by atoms with Gasteiger partial charge in [-0.15, -0.1) is 12.3 Å². The molecule has 232 valence electrons. The third-order valence-corrected chi connectivity index (χ3v) is 14.5. The van der Waals surface area contributed by atoms with Crippen molar-refractivity contribution in [1.29, 1.82) is 0 Å². The first-order chi connectivity index (χ1) is 19.7. The lowest BCUT2D eigenvalue weighted by atomic mass is 9.32. The third kappa shape index (κ3) is 4.37. The van der Waals surface area contributed by atoms with Crippen LogP contribution in [-0.4, -0.2) is 24.6 Å². The van der Waals surface area contributed by atoms with Crippen LogP contribution in [0.1, 0.15) is 119 Å². The zero-order valence-electron chi connectivity index (χ0n) is 27.4. The van der Waals surface area contributed by atoms with Crippen molar-refractivity contribution in [3.63, 3.8) is 0 Å². The van der Waals surface area contributed by atoms with E-state index in [1.165, 1.54) is 24.8 Å². The second-order valence-electron chi connectivity index (χ2n) is 16.3. The minimum atomic E-state index is -0.384. The Morgan fingerprint density at radius 3 is 2.33 bits per heavy atom. The topological polar surface area (TPSA) is 52.6 Å². The van der Waals surface area contributed by atoms with E-state index in [0.717, 1.165) is 44.9 Å². The van der Waals surface area contributed by atoms with Gasteiger partial charge in [0.2, 0.25) is 0 Å². The van der Waals surface area contributed by atoms with E-state index in [2.05, 4.69) is 60.6 Å². The molecule has 10 atom stereocenters. The first-order valence-corrected chi connectivity index (χ1v) is 16.8. The highest BCUT2D eigenvalue weighted by Gasteiger charge is 2.72. The van der Waals surface area contributed by atoms with Gasteiger partial charge >= 0.3 is 11.9 Å². The summed E-state index contributed by atoms with van der Waals surface area (Å²) < 4.78 is 12.0. The normalized spacial score (nSPS) is 45.2. The van der Waals surface area contributed by atoms with Crippen LogP contribution in [0.15, 0.2) is 24.8 Å².